The Hall–Kier alpha value is 0.550. The van der Waals surface area contributed by atoms with E-state index in [0.29, 0.717) is 18.5 Å². The molecule has 0 rings (SSSR count). The number of alkyl halides is 1. The Morgan fingerprint density at radius 1 is 0.523 bits per heavy atom. The number of rotatable bonds is 38. The lowest BCUT2D eigenvalue weighted by Gasteiger charge is -2.20. The van der Waals surface area contributed by atoms with E-state index in [4.69, 9.17) is 14.0 Å². The number of unbranched alkanes of at least 4 members (excludes halogenated alkanes) is 26. The molecular weight excluding hydrogens is 635 g/mol. The first-order valence-corrected chi connectivity index (χ1v) is 22.2. The van der Waals surface area contributed by atoms with Gasteiger partial charge < -0.3 is 18.9 Å². The molecule has 0 fully saturated rings. The van der Waals surface area contributed by atoms with Crippen LogP contribution in [-0.4, -0.2) is 48.9 Å². The van der Waals surface area contributed by atoms with Gasteiger partial charge in [-0.3, -0.25) is 4.57 Å². The van der Waals surface area contributed by atoms with Crippen molar-refractivity contribution in [3.63, 3.8) is 0 Å². The average molecular weight is 712 g/mol. The van der Waals surface area contributed by atoms with Crippen LogP contribution < -0.4 is 0 Å². The van der Waals surface area contributed by atoms with E-state index in [1.807, 2.05) is 0 Å². The van der Waals surface area contributed by atoms with Crippen molar-refractivity contribution in [2.75, 3.05) is 37.9 Å². The zero-order chi connectivity index (χ0) is 32.2. The van der Waals surface area contributed by atoms with Crippen molar-refractivity contribution < 1.29 is 23.5 Å². The smallest absolute Gasteiger partial charge is 0.329 e. The van der Waals surface area contributed by atoms with E-state index in [2.05, 4.69) is 29.8 Å². The molecule has 0 heterocycles. The molecule has 0 saturated carbocycles. The van der Waals surface area contributed by atoms with Crippen molar-refractivity contribution in [2.45, 2.75) is 200 Å². The van der Waals surface area contributed by atoms with Gasteiger partial charge in [0.1, 0.15) is 6.10 Å². The summed E-state index contributed by atoms with van der Waals surface area (Å²) < 4.78 is 29.5. The molecular formula is C37H76BrO5P. The summed E-state index contributed by atoms with van der Waals surface area (Å²) in [6.45, 7) is 6.46. The third-order valence-corrected chi connectivity index (χ3v) is 11.0. The lowest BCUT2D eigenvalue weighted by atomic mass is 10.0. The zero-order valence-corrected chi connectivity index (χ0v) is 32.0. The number of halogens is 1. The number of hydrogen-bond donors (Lipinski definition) is 1. The van der Waals surface area contributed by atoms with Crippen LogP contribution in [0.5, 0.6) is 0 Å². The van der Waals surface area contributed by atoms with Crippen molar-refractivity contribution in [2.24, 2.45) is 0 Å². The Morgan fingerprint density at radius 2 is 0.864 bits per heavy atom. The topological polar surface area (TPSA) is 65.0 Å². The first kappa shape index (κ1) is 44.5. The molecule has 0 aromatic rings. The van der Waals surface area contributed by atoms with Crippen LogP contribution in [0.3, 0.4) is 0 Å². The van der Waals surface area contributed by atoms with Gasteiger partial charge in [-0.05, 0) is 12.8 Å². The van der Waals surface area contributed by atoms with Gasteiger partial charge in [-0.15, -0.1) is 0 Å². The van der Waals surface area contributed by atoms with Crippen molar-refractivity contribution in [3.8, 4) is 0 Å². The van der Waals surface area contributed by atoms with Gasteiger partial charge in [0.25, 0.3) is 0 Å². The molecule has 7 heteroatoms. The number of hydrogen-bond acceptors (Lipinski definition) is 4. The highest BCUT2D eigenvalue weighted by Crippen LogP contribution is 2.41. The second-order valence-corrected chi connectivity index (χ2v) is 15.9. The van der Waals surface area contributed by atoms with Crippen LogP contribution in [0.1, 0.15) is 194 Å². The van der Waals surface area contributed by atoms with Crippen LogP contribution in [-0.2, 0) is 18.6 Å². The molecule has 1 N–H and O–H groups in total. The first-order valence-electron chi connectivity index (χ1n) is 19.3. The van der Waals surface area contributed by atoms with E-state index in [9.17, 15) is 9.46 Å². The first-order chi connectivity index (χ1) is 21.6. The van der Waals surface area contributed by atoms with Gasteiger partial charge in [-0.25, -0.2) is 0 Å². The lowest BCUT2D eigenvalue weighted by molar-refractivity contribution is -0.0402. The van der Waals surface area contributed by atoms with Crippen molar-refractivity contribution >= 4 is 23.5 Å². The Balaban J connectivity index is 3.82. The Bertz CT molecular complexity index is 594. The second kappa shape index (κ2) is 36.4. The highest BCUT2D eigenvalue weighted by atomic mass is 79.9. The summed E-state index contributed by atoms with van der Waals surface area (Å²) in [7, 11) is -3.58. The molecule has 0 spiro atoms. The molecule has 0 aliphatic carbocycles. The van der Waals surface area contributed by atoms with Crippen LogP contribution in [0.15, 0.2) is 0 Å². The van der Waals surface area contributed by atoms with Gasteiger partial charge >= 0.3 is 7.60 Å². The van der Waals surface area contributed by atoms with E-state index in [-0.39, 0.29) is 18.9 Å². The van der Waals surface area contributed by atoms with E-state index in [1.165, 1.54) is 167 Å². The number of ether oxygens (including phenoxy) is 2. The van der Waals surface area contributed by atoms with Crippen LogP contribution >= 0.6 is 23.5 Å². The summed E-state index contributed by atoms with van der Waals surface area (Å²) in [5.74, 6) is 0. The van der Waals surface area contributed by atoms with Crippen LogP contribution in [0, 0.1) is 0 Å². The molecule has 266 valence electrons. The quantitative estimate of drug-likeness (QED) is 0.0392. The molecule has 0 radical (unpaired) electrons. The van der Waals surface area contributed by atoms with Gasteiger partial charge in [-0.1, -0.05) is 197 Å². The van der Waals surface area contributed by atoms with Crippen molar-refractivity contribution in [3.05, 3.63) is 0 Å². The summed E-state index contributed by atoms with van der Waals surface area (Å²) >= 11 is 3.23. The lowest BCUT2D eigenvalue weighted by Crippen LogP contribution is -2.26. The minimum absolute atomic E-state index is 0.109. The fourth-order valence-electron chi connectivity index (χ4n) is 5.68. The Labute approximate surface area is 283 Å². The predicted molar refractivity (Wildman–Crippen MR) is 196 cm³/mol. The van der Waals surface area contributed by atoms with Crippen LogP contribution in [0.2, 0.25) is 0 Å². The van der Waals surface area contributed by atoms with Crippen LogP contribution in [0.4, 0.5) is 0 Å². The van der Waals surface area contributed by atoms with E-state index < -0.39 is 7.60 Å². The largest absolute Gasteiger partial charge is 0.379 e. The minimum atomic E-state index is -3.58. The predicted octanol–water partition coefficient (Wildman–Crippen LogP) is 12.9. The third-order valence-electron chi connectivity index (χ3n) is 8.63. The molecule has 0 amide bonds. The highest BCUT2D eigenvalue weighted by molar-refractivity contribution is 9.09. The second-order valence-electron chi connectivity index (χ2n) is 13.1. The fraction of sp³-hybridized carbons (Fsp3) is 1.00. The maximum Gasteiger partial charge on any atom is 0.329 e. The molecule has 1 unspecified atom stereocenters. The van der Waals surface area contributed by atoms with Gasteiger partial charge in [0.05, 0.1) is 19.4 Å². The average Bonchev–Trinajstić information content (AvgIpc) is 3.01. The molecule has 0 aliphatic rings. The summed E-state index contributed by atoms with van der Waals surface area (Å²) in [6.07, 6.45) is 37.3. The van der Waals surface area contributed by atoms with Gasteiger partial charge in [0, 0.05) is 18.5 Å². The van der Waals surface area contributed by atoms with E-state index >= 15 is 0 Å². The molecule has 0 bridgehead atoms. The molecule has 0 saturated heterocycles. The molecule has 5 nitrogen and oxygen atoms in total. The maximum atomic E-state index is 12.2. The monoisotopic (exact) mass is 710 g/mol. The van der Waals surface area contributed by atoms with E-state index in [0.717, 1.165) is 19.4 Å². The molecule has 2 atom stereocenters. The van der Waals surface area contributed by atoms with Gasteiger partial charge in [0.15, 0.2) is 0 Å². The van der Waals surface area contributed by atoms with Gasteiger partial charge in [0.2, 0.25) is 0 Å². The van der Waals surface area contributed by atoms with E-state index in [1.54, 1.807) is 0 Å². The van der Waals surface area contributed by atoms with Gasteiger partial charge in [-0.2, -0.15) is 0 Å². The highest BCUT2D eigenvalue weighted by Gasteiger charge is 2.21. The Kier molecular flexibility index (Phi) is 36.8. The van der Waals surface area contributed by atoms with Crippen LogP contribution in [0.25, 0.3) is 0 Å². The molecule has 0 aromatic carbocycles. The molecule has 44 heavy (non-hydrogen) atoms. The standard InChI is InChI=1S/C37H76BrO5P/c1-3-5-7-9-11-13-15-17-19-21-23-25-27-29-32-41-35-37(36-43-44(39,40)34-31-38)42-33-30-28-26-24-22-20-18-16-14-12-10-8-6-4-2/h37H,3-36H2,1-2H3,(H,39,40)/t37-/m1/s1. The zero-order valence-electron chi connectivity index (χ0n) is 29.5. The maximum absolute atomic E-state index is 12.2. The molecule has 0 aliphatic heterocycles. The summed E-state index contributed by atoms with van der Waals surface area (Å²) in [5, 5.41) is 0.445. The SMILES string of the molecule is CCCCCCCCCCCCCCCCOC[C@H](COP(=O)(O)CCBr)OCCCCCCCCCCCCCCCC. The fourth-order valence-corrected chi connectivity index (χ4v) is 7.76. The summed E-state index contributed by atoms with van der Waals surface area (Å²) in [5.41, 5.74) is 0. The van der Waals surface area contributed by atoms with Crippen molar-refractivity contribution in [1.29, 1.82) is 0 Å². The Morgan fingerprint density at radius 3 is 1.23 bits per heavy atom. The summed E-state index contributed by atoms with van der Waals surface area (Å²) in [4.78, 5) is 9.99. The third kappa shape index (κ3) is 35.4. The normalized spacial score (nSPS) is 13.8. The van der Waals surface area contributed by atoms with Crippen molar-refractivity contribution in [1.82, 2.24) is 0 Å². The summed E-state index contributed by atoms with van der Waals surface area (Å²) in [6, 6.07) is 0. The molecule has 0 aromatic heterocycles. The minimum Gasteiger partial charge on any atom is -0.379 e.